The second-order valence-electron chi connectivity index (χ2n) is 6.02. The topological polar surface area (TPSA) is 84.3 Å². The molecule has 0 spiro atoms. The first-order chi connectivity index (χ1) is 12.0. The molecule has 0 bridgehead atoms. The molecular formula is C16H22N4O3S2. The summed E-state index contributed by atoms with van der Waals surface area (Å²) >= 11 is 1.61. The molecule has 0 unspecified atom stereocenters. The van der Waals surface area contributed by atoms with E-state index in [0.29, 0.717) is 39.0 Å². The molecule has 1 saturated heterocycles. The van der Waals surface area contributed by atoms with Gasteiger partial charge in [-0.3, -0.25) is 4.79 Å². The van der Waals surface area contributed by atoms with Crippen LogP contribution >= 0.6 is 11.3 Å². The van der Waals surface area contributed by atoms with Gasteiger partial charge in [-0.05, 0) is 31.2 Å². The van der Waals surface area contributed by atoms with Crippen LogP contribution in [0.3, 0.4) is 0 Å². The van der Waals surface area contributed by atoms with Gasteiger partial charge < -0.3 is 9.88 Å². The summed E-state index contributed by atoms with van der Waals surface area (Å²) < 4.78 is 28.4. The van der Waals surface area contributed by atoms with Gasteiger partial charge in [0.1, 0.15) is 0 Å². The van der Waals surface area contributed by atoms with E-state index in [1.165, 1.54) is 10.6 Å². The molecule has 3 heterocycles. The summed E-state index contributed by atoms with van der Waals surface area (Å²) in [5.74, 6) is -0.139. The van der Waals surface area contributed by atoms with Crippen LogP contribution in [0.25, 0.3) is 0 Å². The monoisotopic (exact) mass is 382 g/mol. The van der Waals surface area contributed by atoms with Crippen molar-refractivity contribution in [1.29, 1.82) is 0 Å². The van der Waals surface area contributed by atoms with Gasteiger partial charge in [0.25, 0.3) is 10.0 Å². The lowest BCUT2D eigenvalue weighted by Crippen LogP contribution is -2.42. The third-order valence-corrected chi connectivity index (χ3v) is 7.08. The molecular weight excluding hydrogens is 360 g/mol. The molecule has 1 fully saturated rings. The zero-order valence-corrected chi connectivity index (χ0v) is 15.7. The quantitative estimate of drug-likeness (QED) is 0.824. The fraction of sp³-hybridized carbons (Fsp3) is 0.500. The van der Waals surface area contributed by atoms with Crippen molar-refractivity contribution in [3.8, 4) is 0 Å². The van der Waals surface area contributed by atoms with Gasteiger partial charge in [-0.25, -0.2) is 13.4 Å². The van der Waals surface area contributed by atoms with Crippen LogP contribution in [-0.4, -0.2) is 41.3 Å². The van der Waals surface area contributed by atoms with Crippen molar-refractivity contribution in [2.75, 3.05) is 13.1 Å². The third kappa shape index (κ3) is 4.10. The molecule has 136 valence electrons. The molecule has 7 nitrogen and oxygen atoms in total. The molecule has 1 aliphatic rings. The number of piperidine rings is 1. The lowest BCUT2D eigenvalue weighted by Gasteiger charge is -2.29. The normalized spacial score (nSPS) is 16.8. The zero-order chi connectivity index (χ0) is 17.9. The van der Waals surface area contributed by atoms with Crippen LogP contribution in [0.2, 0.25) is 0 Å². The molecule has 3 rings (SSSR count). The molecule has 9 heteroatoms. The SMILES string of the molecule is CCn1cnc(S(=O)(=O)N2CCC(C(=O)NCc3cccs3)CC2)c1. The van der Waals surface area contributed by atoms with E-state index < -0.39 is 10.0 Å². The summed E-state index contributed by atoms with van der Waals surface area (Å²) in [6.07, 6.45) is 4.14. The van der Waals surface area contributed by atoms with E-state index in [4.69, 9.17) is 0 Å². The molecule has 1 aliphatic heterocycles. The molecule has 25 heavy (non-hydrogen) atoms. The fourth-order valence-electron chi connectivity index (χ4n) is 2.87. The van der Waals surface area contributed by atoms with Crippen LogP contribution in [0.4, 0.5) is 0 Å². The molecule has 0 aromatic carbocycles. The van der Waals surface area contributed by atoms with Crippen LogP contribution in [-0.2, 0) is 27.9 Å². The number of nitrogens with zero attached hydrogens (tertiary/aromatic N) is 3. The number of nitrogens with one attached hydrogen (secondary N) is 1. The van der Waals surface area contributed by atoms with Crippen molar-refractivity contribution in [2.24, 2.45) is 5.92 Å². The van der Waals surface area contributed by atoms with Gasteiger partial charge in [0.05, 0.1) is 12.9 Å². The Hall–Kier alpha value is -1.71. The van der Waals surface area contributed by atoms with Crippen molar-refractivity contribution in [3.05, 3.63) is 34.9 Å². The van der Waals surface area contributed by atoms with E-state index in [9.17, 15) is 13.2 Å². The van der Waals surface area contributed by atoms with E-state index in [2.05, 4.69) is 10.3 Å². The number of carbonyl (C=O) groups excluding carboxylic acids is 1. The van der Waals surface area contributed by atoms with Gasteiger partial charge in [0.15, 0.2) is 5.03 Å². The summed E-state index contributed by atoms with van der Waals surface area (Å²) in [5, 5.41) is 4.99. The number of sulfonamides is 1. The number of amides is 1. The summed E-state index contributed by atoms with van der Waals surface area (Å²) in [6.45, 7) is 3.83. The molecule has 0 radical (unpaired) electrons. The number of carbonyl (C=O) groups is 1. The summed E-state index contributed by atoms with van der Waals surface area (Å²) in [6, 6.07) is 3.94. The van der Waals surface area contributed by atoms with Gasteiger partial charge in [-0.1, -0.05) is 6.07 Å². The van der Waals surface area contributed by atoms with E-state index in [0.717, 1.165) is 4.88 Å². The smallest absolute Gasteiger partial charge is 0.262 e. The first kappa shape index (κ1) is 18.1. The Morgan fingerprint density at radius 1 is 1.40 bits per heavy atom. The highest BCUT2D eigenvalue weighted by molar-refractivity contribution is 7.89. The maximum absolute atomic E-state index is 12.6. The highest BCUT2D eigenvalue weighted by Gasteiger charge is 2.33. The Morgan fingerprint density at radius 3 is 2.76 bits per heavy atom. The van der Waals surface area contributed by atoms with Crippen LogP contribution in [0, 0.1) is 5.92 Å². The number of rotatable bonds is 6. The lowest BCUT2D eigenvalue weighted by molar-refractivity contribution is -0.126. The Bertz CT molecular complexity index is 806. The van der Waals surface area contributed by atoms with Crippen molar-refractivity contribution in [3.63, 3.8) is 0 Å². The number of aryl methyl sites for hydroxylation is 1. The van der Waals surface area contributed by atoms with E-state index in [1.807, 2.05) is 24.4 Å². The number of thiophene rings is 1. The number of hydrogen-bond donors (Lipinski definition) is 1. The first-order valence-electron chi connectivity index (χ1n) is 8.32. The largest absolute Gasteiger partial charge is 0.351 e. The lowest BCUT2D eigenvalue weighted by atomic mass is 9.97. The number of hydrogen-bond acceptors (Lipinski definition) is 5. The number of aromatic nitrogens is 2. The average molecular weight is 383 g/mol. The summed E-state index contributed by atoms with van der Waals surface area (Å²) in [4.78, 5) is 17.4. The average Bonchev–Trinajstić information content (AvgIpc) is 3.31. The van der Waals surface area contributed by atoms with Crippen molar-refractivity contribution in [2.45, 2.75) is 37.9 Å². The molecule has 0 saturated carbocycles. The summed E-state index contributed by atoms with van der Waals surface area (Å²) in [7, 11) is -3.58. The Balaban J connectivity index is 1.54. The maximum atomic E-state index is 12.6. The van der Waals surface area contributed by atoms with Gasteiger partial charge >= 0.3 is 0 Å². The van der Waals surface area contributed by atoms with Crippen LogP contribution < -0.4 is 5.32 Å². The van der Waals surface area contributed by atoms with Crippen LogP contribution in [0.1, 0.15) is 24.6 Å². The fourth-order valence-corrected chi connectivity index (χ4v) is 4.92. The molecule has 0 aliphatic carbocycles. The minimum atomic E-state index is -3.58. The van der Waals surface area contributed by atoms with Crippen LogP contribution in [0.5, 0.6) is 0 Å². The first-order valence-corrected chi connectivity index (χ1v) is 10.6. The number of imidazole rings is 1. The van der Waals surface area contributed by atoms with Gasteiger partial charge in [0.2, 0.25) is 5.91 Å². The molecule has 1 amide bonds. The van der Waals surface area contributed by atoms with Gasteiger partial charge in [-0.2, -0.15) is 4.31 Å². The minimum absolute atomic E-state index is 0.000656. The Labute approximate surface area is 151 Å². The van der Waals surface area contributed by atoms with Gasteiger partial charge in [-0.15, -0.1) is 11.3 Å². The standard InChI is InChI=1S/C16H22N4O3S2/c1-2-19-11-15(18-12-19)25(22,23)20-7-5-13(6-8-20)16(21)17-10-14-4-3-9-24-14/h3-4,9,11-13H,2,5-8,10H2,1H3,(H,17,21). The Kier molecular flexibility index (Phi) is 5.55. The maximum Gasteiger partial charge on any atom is 0.262 e. The van der Waals surface area contributed by atoms with Crippen molar-refractivity contribution >= 4 is 27.3 Å². The summed E-state index contributed by atoms with van der Waals surface area (Å²) in [5.41, 5.74) is 0. The third-order valence-electron chi connectivity index (χ3n) is 4.42. The molecule has 2 aromatic rings. The van der Waals surface area contributed by atoms with E-state index >= 15 is 0 Å². The predicted octanol–water partition coefficient (Wildman–Crippen LogP) is 1.68. The minimum Gasteiger partial charge on any atom is -0.351 e. The zero-order valence-electron chi connectivity index (χ0n) is 14.1. The van der Waals surface area contributed by atoms with Crippen molar-refractivity contribution < 1.29 is 13.2 Å². The second-order valence-corrected chi connectivity index (χ2v) is 8.93. The van der Waals surface area contributed by atoms with E-state index in [-0.39, 0.29) is 16.9 Å². The van der Waals surface area contributed by atoms with Crippen LogP contribution in [0.15, 0.2) is 35.1 Å². The van der Waals surface area contributed by atoms with Gasteiger partial charge in [0, 0.05) is 36.6 Å². The van der Waals surface area contributed by atoms with Crippen molar-refractivity contribution in [1.82, 2.24) is 19.2 Å². The molecule has 0 atom stereocenters. The second kappa shape index (κ2) is 7.67. The molecule has 1 N–H and O–H groups in total. The predicted molar refractivity (Wildman–Crippen MR) is 95.5 cm³/mol. The Morgan fingerprint density at radius 2 is 2.16 bits per heavy atom. The highest BCUT2D eigenvalue weighted by atomic mass is 32.2. The molecule has 2 aromatic heterocycles. The highest BCUT2D eigenvalue weighted by Crippen LogP contribution is 2.23. The van der Waals surface area contributed by atoms with E-state index in [1.54, 1.807) is 22.1 Å².